The number of hydrogen-bond donors (Lipinski definition) is 0. The van der Waals surface area contributed by atoms with Gasteiger partial charge in [0.2, 0.25) is 5.91 Å². The van der Waals surface area contributed by atoms with Crippen LogP contribution in [-0.2, 0) is 17.8 Å². The van der Waals surface area contributed by atoms with Gasteiger partial charge in [-0.2, -0.15) is 0 Å². The average Bonchev–Trinajstić information content (AvgIpc) is 2.89. The maximum atomic E-state index is 13.3. The molecule has 0 saturated carbocycles. The number of nitrogens with zero attached hydrogens (tertiary/aromatic N) is 3. The summed E-state index contributed by atoms with van der Waals surface area (Å²) in [6, 6.07) is 20.6. The molecule has 2 heterocycles. The summed E-state index contributed by atoms with van der Waals surface area (Å²) in [4.78, 5) is 21.6. The zero-order valence-corrected chi connectivity index (χ0v) is 17.2. The van der Waals surface area contributed by atoms with Crippen molar-refractivity contribution in [2.45, 2.75) is 13.0 Å². The fourth-order valence-corrected chi connectivity index (χ4v) is 4.02. The van der Waals surface area contributed by atoms with Crippen LogP contribution in [-0.4, -0.2) is 47.4 Å². The molecule has 30 heavy (non-hydrogen) atoms. The highest BCUT2D eigenvalue weighted by Gasteiger charge is 2.28. The van der Waals surface area contributed by atoms with Crippen molar-refractivity contribution in [3.63, 3.8) is 0 Å². The molecule has 1 amide bonds. The fraction of sp³-hybridized carbons (Fsp3) is 0.280. The largest absolute Gasteiger partial charge is 0.344 e. The molecule has 4 rings (SSSR count). The lowest BCUT2D eigenvalue weighted by atomic mass is 9.95. The second-order valence-corrected chi connectivity index (χ2v) is 7.92. The van der Waals surface area contributed by atoms with Crippen LogP contribution in [0.2, 0.25) is 0 Å². The lowest BCUT2D eigenvalue weighted by molar-refractivity contribution is -0.133. The molecular formula is C25H26FN3O. The maximum absolute atomic E-state index is 13.3. The second kappa shape index (κ2) is 9.18. The third-order valence-corrected chi connectivity index (χ3v) is 5.65. The van der Waals surface area contributed by atoms with Crippen LogP contribution in [0.4, 0.5) is 4.39 Å². The highest BCUT2D eigenvalue weighted by molar-refractivity contribution is 5.79. The predicted octanol–water partition coefficient (Wildman–Crippen LogP) is 4.02. The highest BCUT2D eigenvalue weighted by Crippen LogP contribution is 2.24. The first-order valence-electron chi connectivity index (χ1n) is 10.3. The summed E-state index contributed by atoms with van der Waals surface area (Å²) in [5, 5.41) is 0. The summed E-state index contributed by atoms with van der Waals surface area (Å²) in [5.41, 5.74) is 4.14. The number of rotatable bonds is 5. The van der Waals surface area contributed by atoms with E-state index in [0.29, 0.717) is 13.0 Å². The number of likely N-dealkylation sites (N-methyl/N-ethyl adjacent to an activating group) is 1. The van der Waals surface area contributed by atoms with E-state index in [2.05, 4.69) is 22.0 Å². The van der Waals surface area contributed by atoms with E-state index in [-0.39, 0.29) is 17.6 Å². The van der Waals surface area contributed by atoms with Crippen LogP contribution in [0.25, 0.3) is 11.1 Å². The molecule has 2 aromatic carbocycles. The first-order valence-corrected chi connectivity index (χ1v) is 10.3. The molecule has 1 fully saturated rings. The molecule has 4 nitrogen and oxygen atoms in total. The molecule has 1 atom stereocenters. The van der Waals surface area contributed by atoms with E-state index >= 15 is 0 Å². The zero-order valence-electron chi connectivity index (χ0n) is 17.2. The Hall–Kier alpha value is -3.05. The minimum atomic E-state index is -0.241. The van der Waals surface area contributed by atoms with Gasteiger partial charge < -0.3 is 4.90 Å². The van der Waals surface area contributed by atoms with Crippen molar-refractivity contribution in [1.29, 1.82) is 0 Å². The quantitative estimate of drug-likeness (QED) is 0.646. The second-order valence-electron chi connectivity index (χ2n) is 7.92. The van der Waals surface area contributed by atoms with Gasteiger partial charge in [0.05, 0.1) is 11.6 Å². The molecule has 0 N–H and O–H groups in total. The van der Waals surface area contributed by atoms with Gasteiger partial charge in [-0.1, -0.05) is 42.5 Å². The van der Waals surface area contributed by atoms with Crippen LogP contribution in [0.3, 0.4) is 0 Å². The fourth-order valence-electron chi connectivity index (χ4n) is 4.02. The molecule has 154 valence electrons. The number of carbonyl (C=O) groups is 1. The Morgan fingerprint density at radius 2 is 1.83 bits per heavy atom. The monoisotopic (exact) mass is 403 g/mol. The van der Waals surface area contributed by atoms with Gasteiger partial charge in [-0.25, -0.2) is 4.39 Å². The molecule has 5 heteroatoms. The third kappa shape index (κ3) is 4.92. The molecule has 0 aliphatic carbocycles. The summed E-state index contributed by atoms with van der Waals surface area (Å²) >= 11 is 0. The van der Waals surface area contributed by atoms with Gasteiger partial charge in [0, 0.05) is 39.4 Å². The lowest BCUT2D eigenvalue weighted by Crippen LogP contribution is -2.34. The first kappa shape index (κ1) is 20.2. The Labute approximate surface area is 177 Å². The van der Waals surface area contributed by atoms with E-state index in [0.717, 1.165) is 42.0 Å². The molecule has 0 radical (unpaired) electrons. The number of amides is 1. The van der Waals surface area contributed by atoms with Crippen molar-refractivity contribution in [2.24, 2.45) is 5.92 Å². The molecule has 0 bridgehead atoms. The van der Waals surface area contributed by atoms with Crippen LogP contribution in [0.15, 0.2) is 72.9 Å². The summed E-state index contributed by atoms with van der Waals surface area (Å²) in [6.45, 7) is 3.01. The number of carbonyl (C=O) groups excluding carboxylic acids is 1. The molecule has 3 aromatic rings. The van der Waals surface area contributed by atoms with Crippen LogP contribution in [0.5, 0.6) is 0 Å². The van der Waals surface area contributed by atoms with Gasteiger partial charge in [0.15, 0.2) is 0 Å². The van der Waals surface area contributed by atoms with Crippen molar-refractivity contribution >= 4 is 5.91 Å². The van der Waals surface area contributed by atoms with Gasteiger partial charge in [0.1, 0.15) is 5.82 Å². The summed E-state index contributed by atoms with van der Waals surface area (Å²) in [7, 11) is 1.88. The SMILES string of the molecule is CN1CCN(Cc2ccccn2)CC(Cc2cccc(-c3ccc(F)cc3)c2)C1=O. The minimum Gasteiger partial charge on any atom is -0.344 e. The van der Waals surface area contributed by atoms with E-state index in [9.17, 15) is 9.18 Å². The number of aromatic nitrogens is 1. The summed E-state index contributed by atoms with van der Waals surface area (Å²) < 4.78 is 13.3. The van der Waals surface area contributed by atoms with E-state index in [1.807, 2.05) is 48.5 Å². The van der Waals surface area contributed by atoms with E-state index in [1.54, 1.807) is 12.1 Å². The number of halogens is 1. The Morgan fingerprint density at radius 3 is 2.60 bits per heavy atom. The average molecular weight is 404 g/mol. The molecule has 1 saturated heterocycles. The molecule has 1 aliphatic rings. The molecule has 0 spiro atoms. The molecular weight excluding hydrogens is 377 g/mol. The Balaban J connectivity index is 1.52. The van der Waals surface area contributed by atoms with E-state index in [4.69, 9.17) is 0 Å². The molecule has 1 aromatic heterocycles. The first-order chi connectivity index (χ1) is 14.6. The topological polar surface area (TPSA) is 36.4 Å². The van der Waals surface area contributed by atoms with Gasteiger partial charge in [-0.15, -0.1) is 0 Å². The smallest absolute Gasteiger partial charge is 0.227 e. The molecule has 1 aliphatic heterocycles. The van der Waals surface area contributed by atoms with Gasteiger partial charge in [-0.3, -0.25) is 14.7 Å². The van der Waals surface area contributed by atoms with Crippen LogP contribution >= 0.6 is 0 Å². The standard InChI is InChI=1S/C25H26FN3O/c1-28-13-14-29(18-24-7-2-3-12-27-24)17-22(25(28)30)16-19-5-4-6-21(15-19)20-8-10-23(26)11-9-20/h2-12,15,22H,13-14,16-18H2,1H3. The van der Waals surface area contributed by atoms with Crippen LogP contribution < -0.4 is 0 Å². The minimum absolute atomic E-state index is 0.107. The lowest BCUT2D eigenvalue weighted by Gasteiger charge is -2.23. The van der Waals surface area contributed by atoms with E-state index in [1.165, 1.54) is 12.1 Å². The number of benzene rings is 2. The van der Waals surface area contributed by atoms with Crippen molar-refractivity contribution < 1.29 is 9.18 Å². The maximum Gasteiger partial charge on any atom is 0.227 e. The van der Waals surface area contributed by atoms with Crippen LogP contribution in [0, 0.1) is 11.7 Å². The van der Waals surface area contributed by atoms with Crippen molar-refractivity contribution in [1.82, 2.24) is 14.8 Å². The summed E-state index contributed by atoms with van der Waals surface area (Å²) in [6.07, 6.45) is 2.49. The normalized spacial score (nSPS) is 17.7. The van der Waals surface area contributed by atoms with Crippen molar-refractivity contribution in [3.05, 3.63) is 90.0 Å². The Kier molecular flexibility index (Phi) is 6.19. The van der Waals surface area contributed by atoms with Crippen molar-refractivity contribution in [3.8, 4) is 11.1 Å². The van der Waals surface area contributed by atoms with Gasteiger partial charge in [-0.05, 0) is 47.4 Å². The Bertz CT molecular complexity index is 991. The van der Waals surface area contributed by atoms with Crippen molar-refractivity contribution in [2.75, 3.05) is 26.7 Å². The highest BCUT2D eigenvalue weighted by atomic mass is 19.1. The third-order valence-electron chi connectivity index (χ3n) is 5.65. The van der Waals surface area contributed by atoms with Crippen LogP contribution in [0.1, 0.15) is 11.3 Å². The van der Waals surface area contributed by atoms with E-state index < -0.39 is 0 Å². The zero-order chi connectivity index (χ0) is 20.9. The van der Waals surface area contributed by atoms with Gasteiger partial charge >= 0.3 is 0 Å². The summed E-state index contributed by atoms with van der Waals surface area (Å²) in [5.74, 6) is -0.162. The Morgan fingerprint density at radius 1 is 1.00 bits per heavy atom. The predicted molar refractivity (Wildman–Crippen MR) is 116 cm³/mol. The molecule has 1 unspecified atom stereocenters. The van der Waals surface area contributed by atoms with Gasteiger partial charge in [0.25, 0.3) is 0 Å². The number of pyridine rings is 1. The number of hydrogen-bond acceptors (Lipinski definition) is 3.